The highest BCUT2D eigenvalue weighted by atomic mass is 32.1. The minimum absolute atomic E-state index is 0.166. The van der Waals surface area contributed by atoms with Gasteiger partial charge in [0.15, 0.2) is 5.69 Å². The van der Waals surface area contributed by atoms with Gasteiger partial charge in [-0.05, 0) is 52.2 Å². The highest BCUT2D eigenvalue weighted by molar-refractivity contribution is 7.15. The number of amides is 3. The van der Waals surface area contributed by atoms with E-state index in [0.717, 1.165) is 35.5 Å². The van der Waals surface area contributed by atoms with Crippen LogP contribution in [0.4, 0.5) is 9.93 Å². The van der Waals surface area contributed by atoms with Crippen LogP contribution < -0.4 is 10.2 Å². The first kappa shape index (κ1) is 29.1. The van der Waals surface area contributed by atoms with Gasteiger partial charge in [-0.2, -0.15) is 0 Å². The van der Waals surface area contributed by atoms with Crippen LogP contribution in [0.15, 0.2) is 24.5 Å². The number of hydrogen-bond donors (Lipinski definition) is 1. The van der Waals surface area contributed by atoms with Crippen LogP contribution in [0.5, 0.6) is 0 Å². The predicted molar refractivity (Wildman–Crippen MR) is 148 cm³/mol. The minimum Gasteiger partial charge on any atom is -0.444 e. The van der Waals surface area contributed by atoms with Crippen LogP contribution in [0.2, 0.25) is 0 Å². The Bertz CT molecular complexity index is 1300. The molecule has 0 radical (unpaired) electrons. The lowest BCUT2D eigenvalue weighted by molar-refractivity contribution is -0.107. The minimum atomic E-state index is -0.533. The first-order valence-electron chi connectivity index (χ1n) is 13.2. The van der Waals surface area contributed by atoms with Gasteiger partial charge in [0.1, 0.15) is 10.6 Å². The average molecular weight is 570 g/mol. The van der Waals surface area contributed by atoms with Crippen molar-refractivity contribution >= 4 is 34.9 Å². The maximum atomic E-state index is 12.4. The molecule has 0 atom stereocenters. The van der Waals surface area contributed by atoms with Crippen LogP contribution in [0.25, 0.3) is 0 Å². The largest absolute Gasteiger partial charge is 0.444 e. The van der Waals surface area contributed by atoms with E-state index in [1.165, 1.54) is 11.3 Å². The summed E-state index contributed by atoms with van der Waals surface area (Å²) in [6.07, 6.45) is 6.17. The monoisotopic (exact) mass is 569 g/mol. The summed E-state index contributed by atoms with van der Waals surface area (Å²) in [5.41, 5.74) is 1.57. The molecule has 0 aromatic carbocycles. The number of rotatable bonds is 12. The van der Waals surface area contributed by atoms with E-state index in [4.69, 9.17) is 4.74 Å². The number of carbonyl (C=O) groups is 3. The Balaban J connectivity index is 1.15. The second-order valence-corrected chi connectivity index (χ2v) is 11.8. The molecule has 3 aromatic heterocycles. The number of nitrogens with zero attached hydrogens (tertiary/aromatic N) is 8. The molecule has 0 aliphatic carbocycles. The van der Waals surface area contributed by atoms with E-state index in [-0.39, 0.29) is 23.6 Å². The first-order valence-corrected chi connectivity index (χ1v) is 14.0. The van der Waals surface area contributed by atoms with E-state index < -0.39 is 5.60 Å². The van der Waals surface area contributed by atoms with E-state index in [1.807, 2.05) is 39.8 Å². The van der Waals surface area contributed by atoms with E-state index in [1.54, 1.807) is 26.9 Å². The maximum Gasteiger partial charge on any atom is 0.410 e. The average Bonchev–Trinajstić information content (AvgIpc) is 3.54. The van der Waals surface area contributed by atoms with Gasteiger partial charge in [-0.25, -0.2) is 4.79 Å². The fraction of sp³-hybridized carbons (Fsp3) is 0.538. The number of nitrogens with one attached hydrogen (secondary N) is 1. The highest BCUT2D eigenvalue weighted by Crippen LogP contribution is 2.25. The molecule has 1 N–H and O–H groups in total. The highest BCUT2D eigenvalue weighted by Gasteiger charge is 2.35. The number of ether oxygens (including phenoxy) is 1. The number of carbonyl (C=O) groups excluding carboxylic acids is 3. The molecular formula is C26H35N9O4S. The fourth-order valence-electron chi connectivity index (χ4n) is 4.00. The Morgan fingerprint density at radius 2 is 2.00 bits per heavy atom. The first-order chi connectivity index (χ1) is 19.1. The van der Waals surface area contributed by atoms with Crippen LogP contribution in [0.3, 0.4) is 0 Å². The van der Waals surface area contributed by atoms with Crippen molar-refractivity contribution < 1.29 is 19.1 Å². The maximum absolute atomic E-state index is 12.4. The molecule has 0 saturated carbocycles. The summed E-state index contributed by atoms with van der Waals surface area (Å²) in [4.78, 5) is 43.6. The summed E-state index contributed by atoms with van der Waals surface area (Å²) in [5, 5.41) is 20.7. The molecule has 0 unspecified atom stereocenters. The lowest BCUT2D eigenvalue weighted by Gasteiger charge is -2.40. The second kappa shape index (κ2) is 12.9. The van der Waals surface area contributed by atoms with Crippen LogP contribution in [0, 0.1) is 12.8 Å². The Hall–Kier alpha value is -3.94. The topological polar surface area (TPSA) is 148 Å². The van der Waals surface area contributed by atoms with Gasteiger partial charge in [0.05, 0.1) is 6.20 Å². The number of unbranched alkanes of at least 4 members (excludes halogenated alkanes) is 1. The Kier molecular flexibility index (Phi) is 9.40. The summed E-state index contributed by atoms with van der Waals surface area (Å²) < 4.78 is 7.03. The summed E-state index contributed by atoms with van der Waals surface area (Å²) in [6.45, 7) is 9.96. The zero-order valence-corrected chi connectivity index (χ0v) is 24.1. The van der Waals surface area contributed by atoms with Crippen molar-refractivity contribution in [3.8, 4) is 0 Å². The molecule has 13 nitrogen and oxygen atoms in total. The smallest absolute Gasteiger partial charge is 0.410 e. The Morgan fingerprint density at radius 1 is 1.20 bits per heavy atom. The van der Waals surface area contributed by atoms with Gasteiger partial charge in [0.25, 0.3) is 5.91 Å². The van der Waals surface area contributed by atoms with Crippen molar-refractivity contribution in [2.75, 3.05) is 24.5 Å². The molecule has 1 aliphatic rings. The number of pyridine rings is 1. The normalized spacial score (nSPS) is 13.6. The van der Waals surface area contributed by atoms with E-state index in [2.05, 4.69) is 30.8 Å². The van der Waals surface area contributed by atoms with Gasteiger partial charge < -0.3 is 15.0 Å². The number of anilines is 1. The molecule has 0 bridgehead atoms. The van der Waals surface area contributed by atoms with Gasteiger partial charge >= 0.3 is 6.09 Å². The number of likely N-dealkylation sites (tertiary alicyclic amines) is 1. The molecule has 214 valence electrons. The molecule has 0 spiro atoms. The molecule has 40 heavy (non-hydrogen) atoms. The van der Waals surface area contributed by atoms with E-state index in [9.17, 15) is 14.4 Å². The van der Waals surface area contributed by atoms with Crippen molar-refractivity contribution in [1.82, 2.24) is 40.4 Å². The summed E-state index contributed by atoms with van der Waals surface area (Å²) in [5.74, 6) is -0.119. The third kappa shape index (κ3) is 8.28. The molecule has 3 amide bonds. The van der Waals surface area contributed by atoms with Gasteiger partial charge in [0.2, 0.25) is 11.5 Å². The van der Waals surface area contributed by atoms with Gasteiger partial charge in [-0.1, -0.05) is 22.6 Å². The van der Waals surface area contributed by atoms with Crippen molar-refractivity contribution in [3.05, 3.63) is 46.5 Å². The lowest BCUT2D eigenvalue weighted by Crippen LogP contribution is -2.54. The molecule has 1 aliphatic heterocycles. The summed E-state index contributed by atoms with van der Waals surface area (Å²) in [7, 11) is 0. The van der Waals surface area contributed by atoms with Crippen LogP contribution >= 0.6 is 11.3 Å². The van der Waals surface area contributed by atoms with Crippen molar-refractivity contribution in [2.24, 2.45) is 5.92 Å². The Labute approximate surface area is 236 Å². The second-order valence-electron chi connectivity index (χ2n) is 10.8. The SMILES string of the molecule is Cc1ccc(CNC(=O)c2cn(CCCCc3nnc(N(C=O)CC4CN(C(=O)OC(C)(C)C)C4)s3)nn2)cn1. The predicted octanol–water partition coefficient (Wildman–Crippen LogP) is 2.62. The Morgan fingerprint density at radius 3 is 2.70 bits per heavy atom. The van der Waals surface area contributed by atoms with Crippen molar-refractivity contribution in [2.45, 2.75) is 65.6 Å². The molecule has 1 saturated heterocycles. The van der Waals surface area contributed by atoms with Gasteiger partial charge in [-0.3, -0.25) is 24.2 Å². The quantitative estimate of drug-likeness (QED) is 0.257. The number of hydrogen-bond acceptors (Lipinski definition) is 10. The molecule has 3 aromatic rings. The molecular weight excluding hydrogens is 534 g/mol. The lowest BCUT2D eigenvalue weighted by atomic mass is 10.0. The molecule has 14 heteroatoms. The fourth-order valence-corrected chi connectivity index (χ4v) is 4.86. The molecule has 1 fully saturated rings. The van der Waals surface area contributed by atoms with Crippen molar-refractivity contribution in [3.63, 3.8) is 0 Å². The van der Waals surface area contributed by atoms with E-state index >= 15 is 0 Å². The molecule has 4 heterocycles. The summed E-state index contributed by atoms with van der Waals surface area (Å²) >= 11 is 1.39. The van der Waals surface area contributed by atoms with Crippen LogP contribution in [-0.4, -0.2) is 78.7 Å². The van der Waals surface area contributed by atoms with Gasteiger partial charge in [0, 0.05) is 57.0 Å². The third-order valence-corrected chi connectivity index (χ3v) is 7.14. The number of aromatic nitrogens is 6. The zero-order chi connectivity index (χ0) is 28.7. The van der Waals surface area contributed by atoms with Gasteiger partial charge in [-0.15, -0.1) is 15.3 Å². The van der Waals surface area contributed by atoms with Crippen molar-refractivity contribution in [1.29, 1.82) is 0 Å². The van der Waals surface area contributed by atoms with Crippen LogP contribution in [-0.2, 0) is 29.0 Å². The standard InChI is InChI=1S/C26H35N9O4S/c1-18-8-9-19(11-27-18)12-28-23(37)21-16-35(32-29-21)10-6-5-7-22-30-31-24(40-22)34(17-36)15-20-13-33(14-20)25(38)39-26(2,3)4/h8-9,11,16-17,20H,5-7,10,12-15H2,1-4H3,(H,28,37). The third-order valence-electron chi connectivity index (χ3n) is 6.12. The zero-order valence-electron chi connectivity index (χ0n) is 23.2. The van der Waals surface area contributed by atoms with E-state index in [0.29, 0.717) is 44.3 Å². The summed E-state index contributed by atoms with van der Waals surface area (Å²) in [6, 6.07) is 3.82. The molecule has 4 rings (SSSR count). The van der Waals surface area contributed by atoms with Crippen LogP contribution in [0.1, 0.15) is 60.4 Å². The number of aryl methyl sites for hydroxylation is 3.